The van der Waals surface area contributed by atoms with E-state index in [0.717, 1.165) is 0 Å². The number of likely N-dealkylation sites (tertiary alicyclic amines) is 1. The minimum absolute atomic E-state index is 0.0000954. The van der Waals surface area contributed by atoms with Crippen molar-refractivity contribution >= 4 is 11.7 Å². The second-order valence-electron chi connectivity index (χ2n) is 5.15. The third-order valence-electron chi connectivity index (χ3n) is 3.60. The lowest BCUT2D eigenvalue weighted by molar-refractivity contribution is -0.389. The summed E-state index contributed by atoms with van der Waals surface area (Å²) in [5, 5.41) is 20.1. The summed E-state index contributed by atoms with van der Waals surface area (Å²) in [6, 6.07) is 0. The fourth-order valence-electron chi connectivity index (χ4n) is 2.31. The lowest BCUT2D eigenvalue weighted by atomic mass is 9.96. The van der Waals surface area contributed by atoms with Crippen molar-refractivity contribution in [2.24, 2.45) is 5.92 Å². The first-order valence-electron chi connectivity index (χ1n) is 6.59. The quantitative estimate of drug-likeness (QED) is 0.636. The molecule has 110 valence electrons. The van der Waals surface area contributed by atoms with E-state index in [1.165, 1.54) is 17.1 Å². The number of carbonyl (C=O) groups is 1. The Balaban J connectivity index is 1.84. The summed E-state index contributed by atoms with van der Waals surface area (Å²) in [5.41, 5.74) is 0. The molecule has 2 atom stereocenters. The number of aromatic nitrogens is 2. The molecule has 0 aromatic carbocycles. The van der Waals surface area contributed by atoms with Crippen molar-refractivity contribution in [2.45, 2.75) is 32.4 Å². The number of aryl methyl sites for hydroxylation is 1. The maximum Gasteiger partial charge on any atom is 0.381 e. The average Bonchev–Trinajstić information content (AvgIpc) is 2.88. The molecule has 2 unspecified atom stereocenters. The molecule has 1 saturated heterocycles. The molecule has 1 fully saturated rings. The summed E-state index contributed by atoms with van der Waals surface area (Å²) in [7, 11) is 0. The van der Waals surface area contributed by atoms with Crippen LogP contribution in [0, 0.1) is 16.0 Å². The van der Waals surface area contributed by atoms with Crippen LogP contribution in [0.3, 0.4) is 0 Å². The van der Waals surface area contributed by atoms with Crippen molar-refractivity contribution in [3.8, 4) is 0 Å². The Morgan fingerprint density at radius 3 is 3.00 bits per heavy atom. The van der Waals surface area contributed by atoms with Gasteiger partial charge in [-0.2, -0.15) is 0 Å². The van der Waals surface area contributed by atoms with Crippen LogP contribution in [-0.4, -0.2) is 49.6 Å². The molecule has 1 amide bonds. The number of aliphatic hydroxyl groups is 1. The SMILES string of the molecule is CC1CN(C(=O)CCn2cnc([N+](=O)[O-])c2)CCC1O. The number of rotatable bonds is 4. The summed E-state index contributed by atoms with van der Waals surface area (Å²) < 4.78 is 1.54. The fourth-order valence-corrected chi connectivity index (χ4v) is 2.31. The van der Waals surface area contributed by atoms with E-state index in [-0.39, 0.29) is 30.2 Å². The van der Waals surface area contributed by atoms with Crippen molar-refractivity contribution in [1.82, 2.24) is 14.5 Å². The Labute approximate surface area is 116 Å². The Morgan fingerprint density at radius 1 is 1.65 bits per heavy atom. The zero-order chi connectivity index (χ0) is 14.7. The standard InChI is InChI=1S/C12H18N4O4/c1-9-6-15(5-2-10(9)17)12(18)3-4-14-7-11(13-8-14)16(19)20/h7-10,17H,2-6H2,1H3. The van der Waals surface area contributed by atoms with E-state index in [1.807, 2.05) is 6.92 Å². The topological polar surface area (TPSA) is 102 Å². The zero-order valence-corrected chi connectivity index (χ0v) is 11.3. The van der Waals surface area contributed by atoms with Crippen LogP contribution in [0.1, 0.15) is 19.8 Å². The first kappa shape index (κ1) is 14.4. The summed E-state index contributed by atoms with van der Waals surface area (Å²) in [4.78, 5) is 27.3. The van der Waals surface area contributed by atoms with Gasteiger partial charge in [-0.15, -0.1) is 0 Å². The Kier molecular flexibility index (Phi) is 4.33. The molecule has 0 saturated carbocycles. The molecule has 1 aromatic rings. The number of amides is 1. The molecular weight excluding hydrogens is 264 g/mol. The number of hydrogen-bond donors (Lipinski definition) is 1. The van der Waals surface area contributed by atoms with Crippen LogP contribution < -0.4 is 0 Å². The summed E-state index contributed by atoms with van der Waals surface area (Å²) in [6.45, 7) is 3.41. The van der Waals surface area contributed by atoms with Crippen LogP contribution in [0.2, 0.25) is 0 Å². The van der Waals surface area contributed by atoms with E-state index < -0.39 is 4.92 Å². The van der Waals surface area contributed by atoms with Crippen LogP contribution in [-0.2, 0) is 11.3 Å². The highest BCUT2D eigenvalue weighted by molar-refractivity contribution is 5.76. The van der Waals surface area contributed by atoms with Gasteiger partial charge in [0, 0.05) is 26.1 Å². The molecule has 20 heavy (non-hydrogen) atoms. The third-order valence-corrected chi connectivity index (χ3v) is 3.60. The van der Waals surface area contributed by atoms with Crippen LogP contribution in [0.4, 0.5) is 5.82 Å². The lowest BCUT2D eigenvalue weighted by Crippen LogP contribution is -2.45. The van der Waals surface area contributed by atoms with Gasteiger partial charge >= 0.3 is 5.82 Å². The van der Waals surface area contributed by atoms with Gasteiger partial charge in [-0.05, 0) is 22.2 Å². The van der Waals surface area contributed by atoms with Gasteiger partial charge < -0.3 is 24.7 Å². The highest BCUT2D eigenvalue weighted by Crippen LogP contribution is 2.17. The molecular formula is C12H18N4O4. The van der Waals surface area contributed by atoms with Crippen LogP contribution in [0.15, 0.2) is 12.5 Å². The number of imidazole rings is 1. The first-order chi connectivity index (χ1) is 9.47. The van der Waals surface area contributed by atoms with Crippen molar-refractivity contribution in [3.05, 3.63) is 22.6 Å². The van der Waals surface area contributed by atoms with Crippen molar-refractivity contribution in [1.29, 1.82) is 0 Å². The van der Waals surface area contributed by atoms with Crippen LogP contribution in [0.5, 0.6) is 0 Å². The Morgan fingerprint density at radius 2 is 2.40 bits per heavy atom. The molecule has 8 heteroatoms. The number of nitrogens with zero attached hydrogens (tertiary/aromatic N) is 4. The number of nitro groups is 1. The molecule has 2 rings (SSSR count). The van der Waals surface area contributed by atoms with Gasteiger partial charge in [-0.25, -0.2) is 0 Å². The number of aliphatic hydroxyl groups excluding tert-OH is 1. The maximum absolute atomic E-state index is 12.0. The molecule has 0 radical (unpaired) electrons. The lowest BCUT2D eigenvalue weighted by Gasteiger charge is -2.34. The van der Waals surface area contributed by atoms with Gasteiger partial charge in [-0.1, -0.05) is 6.92 Å². The van der Waals surface area contributed by atoms with Gasteiger partial charge in [0.25, 0.3) is 0 Å². The monoisotopic (exact) mass is 282 g/mol. The van der Waals surface area contributed by atoms with Crippen LogP contribution in [0.25, 0.3) is 0 Å². The van der Waals surface area contributed by atoms with Crippen molar-refractivity contribution < 1.29 is 14.8 Å². The fraction of sp³-hybridized carbons (Fsp3) is 0.667. The number of carbonyl (C=O) groups excluding carboxylic acids is 1. The van der Waals surface area contributed by atoms with E-state index >= 15 is 0 Å². The predicted octanol–water partition coefficient (Wildman–Crippen LogP) is 0.411. The van der Waals surface area contributed by atoms with Gasteiger partial charge in [0.2, 0.25) is 12.2 Å². The molecule has 1 aliphatic heterocycles. The van der Waals surface area contributed by atoms with E-state index in [4.69, 9.17) is 0 Å². The Hall–Kier alpha value is -1.96. The van der Waals surface area contributed by atoms with Gasteiger partial charge in [0.05, 0.1) is 6.10 Å². The van der Waals surface area contributed by atoms with Gasteiger partial charge in [-0.3, -0.25) is 4.79 Å². The molecule has 2 heterocycles. The molecule has 1 aromatic heterocycles. The van der Waals surface area contributed by atoms with Gasteiger partial charge in [0.15, 0.2) is 0 Å². The minimum atomic E-state index is -0.563. The second kappa shape index (κ2) is 6.00. The molecule has 0 aliphatic carbocycles. The molecule has 0 bridgehead atoms. The molecule has 0 spiro atoms. The van der Waals surface area contributed by atoms with E-state index in [1.54, 1.807) is 4.90 Å². The Bertz CT molecular complexity index is 501. The second-order valence-corrected chi connectivity index (χ2v) is 5.15. The smallest absolute Gasteiger partial charge is 0.381 e. The van der Waals surface area contributed by atoms with Crippen LogP contribution >= 0.6 is 0 Å². The summed E-state index contributed by atoms with van der Waals surface area (Å²) in [6.07, 6.45) is 3.21. The largest absolute Gasteiger partial charge is 0.393 e. The summed E-state index contributed by atoms with van der Waals surface area (Å²) in [5.74, 6) is -0.130. The minimum Gasteiger partial charge on any atom is -0.393 e. The van der Waals surface area contributed by atoms with E-state index in [2.05, 4.69) is 4.98 Å². The predicted molar refractivity (Wildman–Crippen MR) is 69.9 cm³/mol. The van der Waals surface area contributed by atoms with E-state index in [0.29, 0.717) is 26.1 Å². The van der Waals surface area contributed by atoms with Crippen molar-refractivity contribution in [2.75, 3.05) is 13.1 Å². The summed E-state index contributed by atoms with van der Waals surface area (Å²) >= 11 is 0. The molecule has 1 N–H and O–H groups in total. The normalized spacial score (nSPS) is 22.8. The van der Waals surface area contributed by atoms with Crippen molar-refractivity contribution in [3.63, 3.8) is 0 Å². The molecule has 8 nitrogen and oxygen atoms in total. The maximum atomic E-state index is 12.0. The average molecular weight is 282 g/mol. The third kappa shape index (κ3) is 3.32. The van der Waals surface area contributed by atoms with Gasteiger partial charge in [0.1, 0.15) is 6.20 Å². The highest BCUT2D eigenvalue weighted by Gasteiger charge is 2.26. The highest BCUT2D eigenvalue weighted by atomic mass is 16.6. The zero-order valence-electron chi connectivity index (χ0n) is 11.3. The van der Waals surface area contributed by atoms with E-state index in [9.17, 15) is 20.0 Å². The number of piperidine rings is 1. The molecule has 1 aliphatic rings. The number of hydrogen-bond acceptors (Lipinski definition) is 5. The first-order valence-corrected chi connectivity index (χ1v) is 6.59.